The summed E-state index contributed by atoms with van der Waals surface area (Å²) in [6.07, 6.45) is 9.35. The van der Waals surface area contributed by atoms with Gasteiger partial charge in [-0.2, -0.15) is 5.10 Å². The molecule has 3 rings (SSSR count). The van der Waals surface area contributed by atoms with Gasteiger partial charge in [0.15, 0.2) is 11.6 Å². The van der Waals surface area contributed by atoms with E-state index in [2.05, 4.69) is 25.1 Å². The maximum atomic E-state index is 4.26. The van der Waals surface area contributed by atoms with Gasteiger partial charge in [-0.3, -0.25) is 4.98 Å². The van der Waals surface area contributed by atoms with E-state index in [0.29, 0.717) is 0 Å². The summed E-state index contributed by atoms with van der Waals surface area (Å²) in [5.41, 5.74) is 1.12. The van der Waals surface area contributed by atoms with Crippen molar-refractivity contribution in [2.45, 2.75) is 12.8 Å². The Morgan fingerprint density at radius 2 is 1.95 bits per heavy atom. The minimum Gasteiger partial charge on any atom is -0.370 e. The molecule has 1 fully saturated rings. The molecule has 0 aliphatic carbocycles. The Balaban J connectivity index is 1.86. The Hall–Kier alpha value is -2.24. The van der Waals surface area contributed by atoms with Gasteiger partial charge in [0.2, 0.25) is 0 Å². The first-order valence-corrected chi connectivity index (χ1v) is 6.42. The van der Waals surface area contributed by atoms with E-state index in [1.165, 1.54) is 12.8 Å². The number of aromatic nitrogens is 4. The summed E-state index contributed by atoms with van der Waals surface area (Å²) in [6.45, 7) is 2.19. The normalized spacial score (nSPS) is 14.7. The maximum absolute atomic E-state index is 4.26. The van der Waals surface area contributed by atoms with E-state index in [1.54, 1.807) is 18.6 Å². The Morgan fingerprint density at radius 1 is 1.11 bits per heavy atom. The lowest BCUT2D eigenvalue weighted by Crippen LogP contribution is -2.19. The number of hydrogen-bond donors (Lipinski definition) is 0. The molecule has 0 spiro atoms. The van der Waals surface area contributed by atoms with Gasteiger partial charge in [-0.15, -0.1) is 5.10 Å². The second-order valence-electron chi connectivity index (χ2n) is 4.59. The third-order valence-corrected chi connectivity index (χ3v) is 3.34. The minimum atomic E-state index is 0.760. The fourth-order valence-corrected chi connectivity index (χ4v) is 2.24. The molecule has 0 amide bonds. The lowest BCUT2D eigenvalue weighted by Gasteiger charge is -2.20. The van der Waals surface area contributed by atoms with Crippen LogP contribution in [-0.4, -0.2) is 40.3 Å². The molecule has 98 valence electrons. The molecule has 0 N–H and O–H groups in total. The van der Waals surface area contributed by atoms with Crippen LogP contribution in [0.15, 0.2) is 30.9 Å². The van der Waals surface area contributed by atoms with Gasteiger partial charge in [-0.05, 0) is 12.8 Å². The van der Waals surface area contributed by atoms with Crippen LogP contribution in [0, 0.1) is 0 Å². The standard InChI is InChI=1S/C13H16N6/c1-18(13-10-14-4-5-15-13)12-8-11(9-16-17-12)19-6-2-3-7-19/h4-5,8-10H,2-3,6-7H2,1H3. The molecule has 1 aliphatic heterocycles. The predicted octanol–water partition coefficient (Wildman–Crippen LogP) is 1.63. The van der Waals surface area contributed by atoms with Gasteiger partial charge in [0.05, 0.1) is 18.1 Å². The minimum absolute atomic E-state index is 0.760. The van der Waals surface area contributed by atoms with Gasteiger partial charge in [0, 0.05) is 38.6 Å². The highest BCUT2D eigenvalue weighted by Crippen LogP contribution is 2.24. The Morgan fingerprint density at radius 3 is 2.68 bits per heavy atom. The van der Waals surface area contributed by atoms with Crippen molar-refractivity contribution in [1.29, 1.82) is 0 Å². The van der Waals surface area contributed by atoms with Crippen molar-refractivity contribution in [3.63, 3.8) is 0 Å². The molecule has 6 nitrogen and oxygen atoms in total. The van der Waals surface area contributed by atoms with E-state index in [4.69, 9.17) is 0 Å². The summed E-state index contributed by atoms with van der Waals surface area (Å²) >= 11 is 0. The van der Waals surface area contributed by atoms with Crippen LogP contribution < -0.4 is 9.80 Å². The van der Waals surface area contributed by atoms with Gasteiger partial charge in [-0.25, -0.2) is 4.98 Å². The van der Waals surface area contributed by atoms with Gasteiger partial charge in [0.25, 0.3) is 0 Å². The second kappa shape index (κ2) is 5.17. The van der Waals surface area contributed by atoms with Crippen LogP contribution in [0.3, 0.4) is 0 Å². The smallest absolute Gasteiger partial charge is 0.158 e. The van der Waals surface area contributed by atoms with Crippen LogP contribution in [-0.2, 0) is 0 Å². The zero-order chi connectivity index (χ0) is 13.1. The van der Waals surface area contributed by atoms with Crippen LogP contribution in [0.5, 0.6) is 0 Å². The summed E-state index contributed by atoms with van der Waals surface area (Å²) in [4.78, 5) is 12.6. The number of anilines is 3. The van der Waals surface area contributed by atoms with Crippen molar-refractivity contribution in [3.8, 4) is 0 Å². The summed E-state index contributed by atoms with van der Waals surface area (Å²) in [5, 5.41) is 8.26. The average Bonchev–Trinajstić information content (AvgIpc) is 3.02. The molecule has 2 aromatic rings. The second-order valence-corrected chi connectivity index (χ2v) is 4.59. The number of hydrogen-bond acceptors (Lipinski definition) is 6. The van der Waals surface area contributed by atoms with E-state index in [-0.39, 0.29) is 0 Å². The van der Waals surface area contributed by atoms with Crippen molar-refractivity contribution in [2.75, 3.05) is 29.9 Å². The van der Waals surface area contributed by atoms with Crippen LogP contribution in [0.2, 0.25) is 0 Å². The Bertz CT molecular complexity index is 538. The highest BCUT2D eigenvalue weighted by Gasteiger charge is 2.15. The van der Waals surface area contributed by atoms with Crippen molar-refractivity contribution < 1.29 is 0 Å². The zero-order valence-electron chi connectivity index (χ0n) is 10.9. The maximum Gasteiger partial charge on any atom is 0.158 e. The summed E-state index contributed by atoms with van der Waals surface area (Å²) in [6, 6.07) is 2.05. The van der Waals surface area contributed by atoms with Crippen molar-refractivity contribution >= 4 is 17.3 Å². The van der Waals surface area contributed by atoms with Crippen LogP contribution in [0.1, 0.15) is 12.8 Å². The summed E-state index contributed by atoms with van der Waals surface area (Å²) < 4.78 is 0. The molecule has 1 aliphatic rings. The van der Waals surface area contributed by atoms with E-state index >= 15 is 0 Å². The monoisotopic (exact) mass is 256 g/mol. The number of rotatable bonds is 3. The number of nitrogens with zero attached hydrogens (tertiary/aromatic N) is 6. The third kappa shape index (κ3) is 2.47. The highest BCUT2D eigenvalue weighted by molar-refractivity contribution is 5.59. The predicted molar refractivity (Wildman–Crippen MR) is 73.6 cm³/mol. The topological polar surface area (TPSA) is 58.0 Å². The molecule has 0 radical (unpaired) electrons. The van der Waals surface area contributed by atoms with Crippen molar-refractivity contribution in [2.24, 2.45) is 0 Å². The quantitative estimate of drug-likeness (QED) is 0.832. The van der Waals surface area contributed by atoms with E-state index in [1.807, 2.05) is 24.2 Å². The molecule has 1 saturated heterocycles. The van der Waals surface area contributed by atoms with Crippen LogP contribution in [0.25, 0.3) is 0 Å². The highest BCUT2D eigenvalue weighted by atomic mass is 15.3. The zero-order valence-corrected chi connectivity index (χ0v) is 10.9. The van der Waals surface area contributed by atoms with Gasteiger partial charge in [0.1, 0.15) is 0 Å². The average molecular weight is 256 g/mol. The van der Waals surface area contributed by atoms with Crippen molar-refractivity contribution in [1.82, 2.24) is 20.2 Å². The molecule has 0 aromatic carbocycles. The van der Waals surface area contributed by atoms with E-state index < -0.39 is 0 Å². The fourth-order valence-electron chi connectivity index (χ4n) is 2.24. The Labute approximate surface area is 112 Å². The van der Waals surface area contributed by atoms with Gasteiger partial charge >= 0.3 is 0 Å². The van der Waals surface area contributed by atoms with Crippen LogP contribution >= 0.6 is 0 Å². The molecule has 3 heterocycles. The SMILES string of the molecule is CN(c1cnccn1)c1cc(N2CCCC2)cnn1. The van der Waals surface area contributed by atoms with Gasteiger partial charge in [-0.1, -0.05) is 0 Å². The lowest BCUT2D eigenvalue weighted by molar-refractivity contribution is 0.921. The first kappa shape index (κ1) is 11.8. The first-order chi connectivity index (χ1) is 9.34. The third-order valence-electron chi connectivity index (χ3n) is 3.34. The fraction of sp³-hybridized carbons (Fsp3) is 0.385. The largest absolute Gasteiger partial charge is 0.370 e. The molecule has 0 saturated carbocycles. The van der Waals surface area contributed by atoms with E-state index in [9.17, 15) is 0 Å². The molecular weight excluding hydrogens is 240 g/mol. The molecule has 0 atom stereocenters. The van der Waals surface area contributed by atoms with E-state index in [0.717, 1.165) is 30.4 Å². The molecule has 2 aromatic heterocycles. The summed E-state index contributed by atoms with van der Waals surface area (Å²) in [7, 11) is 1.92. The molecule has 0 bridgehead atoms. The lowest BCUT2D eigenvalue weighted by atomic mass is 10.4. The van der Waals surface area contributed by atoms with Crippen molar-refractivity contribution in [3.05, 3.63) is 30.9 Å². The molecular formula is C13H16N6. The molecule has 19 heavy (non-hydrogen) atoms. The Kier molecular flexibility index (Phi) is 3.22. The molecule has 6 heteroatoms. The first-order valence-electron chi connectivity index (χ1n) is 6.42. The molecule has 0 unspecified atom stereocenters. The summed E-state index contributed by atoms with van der Waals surface area (Å²) in [5.74, 6) is 1.54. The van der Waals surface area contributed by atoms with Gasteiger partial charge < -0.3 is 9.80 Å². The van der Waals surface area contributed by atoms with Crippen LogP contribution in [0.4, 0.5) is 17.3 Å².